The van der Waals surface area contributed by atoms with Gasteiger partial charge in [0.15, 0.2) is 0 Å². The molecular weight excluding hydrogens is 262 g/mol. The van der Waals surface area contributed by atoms with Gasteiger partial charge in [0.2, 0.25) is 0 Å². The summed E-state index contributed by atoms with van der Waals surface area (Å²) in [5.74, 6) is 2.75. The molecule has 3 nitrogen and oxygen atoms in total. The Morgan fingerprint density at radius 3 is 2.62 bits per heavy atom. The first-order chi connectivity index (χ1) is 10.3. The smallest absolute Gasteiger partial charge is 0.0700 e. The highest BCUT2D eigenvalue weighted by Gasteiger charge is 2.28. The van der Waals surface area contributed by atoms with E-state index in [1.165, 1.54) is 58.0 Å². The molecule has 0 spiro atoms. The van der Waals surface area contributed by atoms with Crippen LogP contribution in [0, 0.1) is 17.8 Å². The predicted molar refractivity (Wildman–Crippen MR) is 89.7 cm³/mol. The van der Waals surface area contributed by atoms with E-state index < -0.39 is 0 Å². The fraction of sp³-hybridized carbons (Fsp3) is 1.00. The van der Waals surface area contributed by atoms with Crippen molar-refractivity contribution in [2.75, 3.05) is 40.0 Å². The van der Waals surface area contributed by atoms with Crippen LogP contribution in [0.1, 0.15) is 58.8 Å². The second kappa shape index (κ2) is 12.4. The summed E-state index contributed by atoms with van der Waals surface area (Å²) in [4.78, 5) is 0. The number of hydrogen-bond acceptors (Lipinski definition) is 3. The van der Waals surface area contributed by atoms with Gasteiger partial charge < -0.3 is 14.8 Å². The van der Waals surface area contributed by atoms with Crippen molar-refractivity contribution in [3.05, 3.63) is 0 Å². The molecule has 0 aromatic heterocycles. The minimum Gasteiger partial charge on any atom is -0.382 e. The van der Waals surface area contributed by atoms with Crippen molar-refractivity contribution in [3.63, 3.8) is 0 Å². The first-order valence-electron chi connectivity index (χ1n) is 9.09. The number of hydrogen-bond donors (Lipinski definition) is 1. The van der Waals surface area contributed by atoms with Crippen LogP contribution in [0.5, 0.6) is 0 Å². The van der Waals surface area contributed by atoms with E-state index in [0.717, 1.165) is 31.0 Å². The molecule has 0 aliphatic heterocycles. The molecule has 1 N–H and O–H groups in total. The second-order valence-electron chi connectivity index (χ2n) is 6.56. The summed E-state index contributed by atoms with van der Waals surface area (Å²) in [6.45, 7) is 9.33. The Kier molecular flexibility index (Phi) is 11.2. The standard InChI is InChI=1S/C18H37NO2/c1-4-10-19-15-18-9-8-16(5-2)14-17(18)7-6-11-21-13-12-20-3/h16-19H,4-15H2,1-3H3. The summed E-state index contributed by atoms with van der Waals surface area (Å²) in [5, 5.41) is 3.64. The molecule has 0 heterocycles. The molecular formula is C18H37NO2. The van der Waals surface area contributed by atoms with Crippen molar-refractivity contribution in [1.29, 1.82) is 0 Å². The zero-order valence-corrected chi connectivity index (χ0v) is 14.5. The quantitative estimate of drug-likeness (QED) is 0.555. The molecule has 3 unspecified atom stereocenters. The molecule has 0 bridgehead atoms. The zero-order valence-electron chi connectivity index (χ0n) is 14.5. The van der Waals surface area contributed by atoms with E-state index in [9.17, 15) is 0 Å². The van der Waals surface area contributed by atoms with Crippen LogP contribution in [0.3, 0.4) is 0 Å². The molecule has 0 aromatic rings. The highest BCUT2D eigenvalue weighted by atomic mass is 16.5. The average molecular weight is 299 g/mol. The molecule has 0 aromatic carbocycles. The first-order valence-corrected chi connectivity index (χ1v) is 9.09. The van der Waals surface area contributed by atoms with Crippen LogP contribution >= 0.6 is 0 Å². The number of nitrogens with one attached hydrogen (secondary N) is 1. The maximum Gasteiger partial charge on any atom is 0.0700 e. The zero-order chi connectivity index (χ0) is 15.3. The van der Waals surface area contributed by atoms with E-state index in [-0.39, 0.29) is 0 Å². The second-order valence-corrected chi connectivity index (χ2v) is 6.56. The van der Waals surface area contributed by atoms with Gasteiger partial charge >= 0.3 is 0 Å². The van der Waals surface area contributed by atoms with Crippen molar-refractivity contribution in [2.24, 2.45) is 17.8 Å². The average Bonchev–Trinajstić information content (AvgIpc) is 2.52. The third-order valence-electron chi connectivity index (χ3n) is 4.95. The van der Waals surface area contributed by atoms with E-state index in [1.54, 1.807) is 7.11 Å². The summed E-state index contributed by atoms with van der Waals surface area (Å²) < 4.78 is 10.6. The lowest BCUT2D eigenvalue weighted by molar-refractivity contribution is 0.0627. The lowest BCUT2D eigenvalue weighted by Gasteiger charge is -2.36. The molecule has 1 aliphatic carbocycles. The number of ether oxygens (including phenoxy) is 2. The molecule has 0 saturated heterocycles. The van der Waals surface area contributed by atoms with Crippen LogP contribution in [0.4, 0.5) is 0 Å². The summed E-state index contributed by atoms with van der Waals surface area (Å²) >= 11 is 0. The Morgan fingerprint density at radius 2 is 1.90 bits per heavy atom. The Balaban J connectivity index is 2.25. The third-order valence-corrected chi connectivity index (χ3v) is 4.95. The van der Waals surface area contributed by atoms with Crippen molar-refractivity contribution in [3.8, 4) is 0 Å². The van der Waals surface area contributed by atoms with Crippen molar-refractivity contribution < 1.29 is 9.47 Å². The molecule has 1 fully saturated rings. The monoisotopic (exact) mass is 299 g/mol. The molecule has 0 radical (unpaired) electrons. The van der Waals surface area contributed by atoms with Gasteiger partial charge in [0.05, 0.1) is 13.2 Å². The van der Waals surface area contributed by atoms with E-state index in [4.69, 9.17) is 9.47 Å². The van der Waals surface area contributed by atoms with E-state index in [2.05, 4.69) is 19.2 Å². The van der Waals surface area contributed by atoms with E-state index in [1.807, 2.05) is 0 Å². The largest absolute Gasteiger partial charge is 0.382 e. The topological polar surface area (TPSA) is 30.5 Å². The molecule has 3 heteroatoms. The SMILES string of the molecule is CCCNCC1CCC(CC)CC1CCCOCCOC. The van der Waals surface area contributed by atoms with E-state index in [0.29, 0.717) is 6.61 Å². The van der Waals surface area contributed by atoms with Crippen LogP contribution in [0.25, 0.3) is 0 Å². The van der Waals surface area contributed by atoms with Gasteiger partial charge in [-0.25, -0.2) is 0 Å². The maximum atomic E-state index is 5.61. The molecule has 1 rings (SSSR count). The Labute approximate surface area is 132 Å². The predicted octanol–water partition coefficient (Wildman–Crippen LogP) is 3.87. The Morgan fingerprint density at radius 1 is 1.05 bits per heavy atom. The van der Waals surface area contributed by atoms with Gasteiger partial charge in [-0.1, -0.05) is 26.7 Å². The lowest BCUT2D eigenvalue weighted by Crippen LogP contribution is -2.33. The van der Waals surface area contributed by atoms with Gasteiger partial charge in [0.25, 0.3) is 0 Å². The number of methoxy groups -OCH3 is 1. The highest BCUT2D eigenvalue weighted by Crippen LogP contribution is 2.37. The van der Waals surface area contributed by atoms with Crippen molar-refractivity contribution >= 4 is 0 Å². The lowest BCUT2D eigenvalue weighted by atomic mass is 9.71. The Hall–Kier alpha value is -0.120. The van der Waals surface area contributed by atoms with Gasteiger partial charge in [-0.15, -0.1) is 0 Å². The Bertz CT molecular complexity index is 233. The fourth-order valence-corrected chi connectivity index (χ4v) is 3.57. The fourth-order valence-electron chi connectivity index (χ4n) is 3.57. The first kappa shape index (κ1) is 18.9. The molecule has 0 amide bonds. The van der Waals surface area contributed by atoms with Gasteiger partial charge in [-0.05, 0) is 62.9 Å². The minimum absolute atomic E-state index is 0.713. The molecule has 1 aliphatic rings. The van der Waals surface area contributed by atoms with Crippen LogP contribution in [0.15, 0.2) is 0 Å². The van der Waals surface area contributed by atoms with Crippen molar-refractivity contribution in [2.45, 2.75) is 58.8 Å². The van der Waals surface area contributed by atoms with Crippen LogP contribution in [0.2, 0.25) is 0 Å². The summed E-state index contributed by atoms with van der Waals surface area (Å²) in [7, 11) is 1.73. The normalized spacial score (nSPS) is 26.1. The molecule has 1 saturated carbocycles. The van der Waals surface area contributed by atoms with Gasteiger partial charge in [0.1, 0.15) is 0 Å². The molecule has 3 atom stereocenters. The van der Waals surface area contributed by atoms with Crippen LogP contribution in [-0.4, -0.2) is 40.0 Å². The highest BCUT2D eigenvalue weighted by molar-refractivity contribution is 4.81. The maximum absolute atomic E-state index is 5.61. The summed E-state index contributed by atoms with van der Waals surface area (Å²) in [6, 6.07) is 0. The van der Waals surface area contributed by atoms with Crippen molar-refractivity contribution in [1.82, 2.24) is 5.32 Å². The molecule has 126 valence electrons. The van der Waals surface area contributed by atoms with E-state index >= 15 is 0 Å². The van der Waals surface area contributed by atoms with Gasteiger partial charge in [-0.3, -0.25) is 0 Å². The summed E-state index contributed by atoms with van der Waals surface area (Å²) in [5.41, 5.74) is 0. The number of rotatable bonds is 12. The van der Waals surface area contributed by atoms with Gasteiger partial charge in [0, 0.05) is 13.7 Å². The van der Waals surface area contributed by atoms with Crippen LogP contribution in [-0.2, 0) is 9.47 Å². The summed E-state index contributed by atoms with van der Waals surface area (Å²) in [6.07, 6.45) is 9.43. The molecule has 21 heavy (non-hydrogen) atoms. The minimum atomic E-state index is 0.713. The van der Waals surface area contributed by atoms with Crippen LogP contribution < -0.4 is 5.32 Å². The third kappa shape index (κ3) is 8.18. The van der Waals surface area contributed by atoms with Gasteiger partial charge in [-0.2, -0.15) is 0 Å².